The predicted octanol–water partition coefficient (Wildman–Crippen LogP) is 0.950. The van der Waals surface area contributed by atoms with E-state index in [0.717, 1.165) is 49.6 Å². The van der Waals surface area contributed by atoms with Crippen LogP contribution in [0.3, 0.4) is 0 Å². The summed E-state index contributed by atoms with van der Waals surface area (Å²) in [6.45, 7) is 5.38. The molecule has 0 bridgehead atoms. The van der Waals surface area contributed by atoms with E-state index in [2.05, 4.69) is 10.2 Å². The van der Waals surface area contributed by atoms with Gasteiger partial charge in [0, 0.05) is 33.6 Å². The average Bonchev–Trinajstić information content (AvgIpc) is 2.67. The van der Waals surface area contributed by atoms with Crippen molar-refractivity contribution in [2.24, 2.45) is 0 Å². The normalized spacial score (nSPS) is 16.0. The molecule has 112 valence electrons. The van der Waals surface area contributed by atoms with Gasteiger partial charge in [-0.05, 0) is 25.1 Å². The van der Waals surface area contributed by atoms with Crippen LogP contribution in [0.5, 0.6) is 0 Å². The van der Waals surface area contributed by atoms with Crippen molar-refractivity contribution in [2.45, 2.75) is 13.3 Å². The number of amides is 1. The van der Waals surface area contributed by atoms with Gasteiger partial charge in [-0.25, -0.2) is 14.7 Å². The molecule has 0 spiro atoms. The number of aromatic nitrogens is 2. The van der Waals surface area contributed by atoms with Gasteiger partial charge < -0.3 is 10.2 Å². The Hall–Kier alpha value is -2.08. The second kappa shape index (κ2) is 5.73. The molecule has 1 aliphatic rings. The molecule has 21 heavy (non-hydrogen) atoms. The van der Waals surface area contributed by atoms with Crippen molar-refractivity contribution in [1.29, 1.82) is 0 Å². The van der Waals surface area contributed by atoms with Gasteiger partial charge in [0.05, 0.1) is 11.0 Å². The molecule has 0 aliphatic carbocycles. The van der Waals surface area contributed by atoms with Gasteiger partial charge in [-0.1, -0.05) is 12.1 Å². The summed E-state index contributed by atoms with van der Waals surface area (Å²) < 4.78 is 1.92. The van der Waals surface area contributed by atoms with Crippen molar-refractivity contribution in [2.75, 3.05) is 43.1 Å². The first kappa shape index (κ1) is 13.9. The van der Waals surface area contributed by atoms with Gasteiger partial charge in [0.2, 0.25) is 11.9 Å². The first-order chi connectivity index (χ1) is 10.2. The van der Waals surface area contributed by atoms with E-state index in [1.165, 1.54) is 0 Å². The number of hydrogen-bond acceptors (Lipinski definition) is 4. The SMILES string of the molecule is CC(=O)N(C)n1c(N2CCCNCC2)nc2ccccc21. The third kappa shape index (κ3) is 2.58. The molecule has 1 aromatic heterocycles. The molecule has 0 saturated carbocycles. The lowest BCUT2D eigenvalue weighted by Gasteiger charge is -2.26. The summed E-state index contributed by atoms with van der Waals surface area (Å²) in [7, 11) is 1.79. The fourth-order valence-electron chi connectivity index (χ4n) is 2.69. The van der Waals surface area contributed by atoms with Gasteiger partial charge >= 0.3 is 0 Å². The molecule has 1 saturated heterocycles. The molecule has 0 radical (unpaired) electrons. The lowest BCUT2D eigenvalue weighted by Crippen LogP contribution is -2.39. The molecule has 2 heterocycles. The van der Waals surface area contributed by atoms with E-state index in [1.54, 1.807) is 19.0 Å². The standard InChI is InChI=1S/C15H21N5O/c1-12(21)18(2)20-14-7-4-3-6-13(14)17-15(20)19-10-5-8-16-9-11-19/h3-4,6-7,16H,5,8-11H2,1-2H3. The molecule has 6 nitrogen and oxygen atoms in total. The van der Waals surface area contributed by atoms with Crippen LogP contribution in [-0.4, -0.2) is 48.8 Å². The number of nitrogens with zero attached hydrogens (tertiary/aromatic N) is 4. The molecule has 1 fully saturated rings. The first-order valence-corrected chi connectivity index (χ1v) is 7.36. The van der Waals surface area contributed by atoms with Gasteiger partial charge in [0.15, 0.2) is 0 Å². The van der Waals surface area contributed by atoms with Crippen molar-refractivity contribution in [3.63, 3.8) is 0 Å². The number of hydrogen-bond donors (Lipinski definition) is 1. The third-order valence-corrected chi connectivity index (χ3v) is 3.90. The molecule has 2 aromatic rings. The van der Waals surface area contributed by atoms with Crippen molar-refractivity contribution >= 4 is 22.9 Å². The maximum absolute atomic E-state index is 11.8. The summed E-state index contributed by atoms with van der Waals surface area (Å²) in [4.78, 5) is 18.8. The maximum atomic E-state index is 11.8. The Morgan fingerprint density at radius 3 is 2.90 bits per heavy atom. The fraction of sp³-hybridized carbons (Fsp3) is 0.467. The third-order valence-electron chi connectivity index (χ3n) is 3.90. The van der Waals surface area contributed by atoms with Gasteiger partial charge in [0.25, 0.3) is 0 Å². The molecule has 1 aliphatic heterocycles. The van der Waals surface area contributed by atoms with E-state index in [-0.39, 0.29) is 5.91 Å². The molecule has 6 heteroatoms. The lowest BCUT2D eigenvalue weighted by molar-refractivity contribution is -0.117. The number of fused-ring (bicyclic) bond motifs is 1. The Bertz CT molecular complexity index is 643. The topological polar surface area (TPSA) is 53.4 Å². The smallest absolute Gasteiger partial charge is 0.238 e. The molecule has 1 N–H and O–H groups in total. The average molecular weight is 287 g/mol. The monoisotopic (exact) mass is 287 g/mol. The van der Waals surface area contributed by atoms with Crippen LogP contribution in [0.15, 0.2) is 24.3 Å². The maximum Gasteiger partial charge on any atom is 0.238 e. The highest BCUT2D eigenvalue weighted by Gasteiger charge is 2.21. The Morgan fingerprint density at radius 2 is 2.10 bits per heavy atom. The Balaban J connectivity index is 2.11. The van der Waals surface area contributed by atoms with Gasteiger partial charge in [-0.2, -0.15) is 0 Å². The van der Waals surface area contributed by atoms with Gasteiger partial charge in [-0.3, -0.25) is 4.79 Å². The van der Waals surface area contributed by atoms with Crippen LogP contribution in [0.2, 0.25) is 0 Å². The predicted molar refractivity (Wildman–Crippen MR) is 84.3 cm³/mol. The molecule has 3 rings (SSSR count). The van der Waals surface area contributed by atoms with E-state index < -0.39 is 0 Å². The summed E-state index contributed by atoms with van der Waals surface area (Å²) in [6, 6.07) is 7.93. The van der Waals surface area contributed by atoms with E-state index in [0.29, 0.717) is 0 Å². The molecule has 0 unspecified atom stereocenters. The second-order valence-corrected chi connectivity index (χ2v) is 5.35. The zero-order valence-electron chi connectivity index (χ0n) is 12.5. The number of nitrogens with one attached hydrogen (secondary N) is 1. The van der Waals surface area contributed by atoms with Gasteiger partial charge in [0.1, 0.15) is 0 Å². The number of carbonyl (C=O) groups is 1. The van der Waals surface area contributed by atoms with E-state index in [4.69, 9.17) is 4.98 Å². The number of benzene rings is 1. The highest BCUT2D eigenvalue weighted by Crippen LogP contribution is 2.23. The first-order valence-electron chi connectivity index (χ1n) is 7.36. The number of carbonyl (C=O) groups excluding carboxylic acids is 1. The minimum atomic E-state index is -0.00708. The van der Waals surface area contributed by atoms with Crippen LogP contribution in [0, 0.1) is 0 Å². The summed E-state index contributed by atoms with van der Waals surface area (Å²) in [5.74, 6) is 0.838. The quantitative estimate of drug-likeness (QED) is 0.893. The lowest BCUT2D eigenvalue weighted by atomic mass is 10.3. The largest absolute Gasteiger partial charge is 0.339 e. The van der Waals surface area contributed by atoms with Crippen LogP contribution < -0.4 is 15.2 Å². The zero-order chi connectivity index (χ0) is 14.8. The highest BCUT2D eigenvalue weighted by molar-refractivity contribution is 5.88. The number of imidazole rings is 1. The summed E-state index contributed by atoms with van der Waals surface area (Å²) in [6.07, 6.45) is 1.08. The molecular weight excluding hydrogens is 266 g/mol. The van der Waals surface area contributed by atoms with Crippen LogP contribution >= 0.6 is 0 Å². The Kier molecular flexibility index (Phi) is 3.79. The molecule has 0 atom stereocenters. The Morgan fingerprint density at radius 1 is 1.29 bits per heavy atom. The minimum Gasteiger partial charge on any atom is -0.339 e. The van der Waals surface area contributed by atoms with Crippen LogP contribution in [0.4, 0.5) is 5.95 Å². The van der Waals surface area contributed by atoms with Crippen molar-refractivity contribution in [3.8, 4) is 0 Å². The van der Waals surface area contributed by atoms with Crippen LogP contribution in [-0.2, 0) is 4.79 Å². The van der Waals surface area contributed by atoms with Crippen LogP contribution in [0.1, 0.15) is 13.3 Å². The number of anilines is 1. The second-order valence-electron chi connectivity index (χ2n) is 5.35. The molecule has 1 aromatic carbocycles. The van der Waals surface area contributed by atoms with Crippen molar-refractivity contribution in [1.82, 2.24) is 15.0 Å². The van der Waals surface area contributed by atoms with E-state index in [1.807, 2.05) is 28.9 Å². The number of rotatable bonds is 2. The fourth-order valence-corrected chi connectivity index (χ4v) is 2.69. The molecular formula is C15H21N5O. The summed E-state index contributed by atoms with van der Waals surface area (Å²) in [5, 5.41) is 5.02. The minimum absolute atomic E-state index is 0.00708. The Labute approximate surface area is 124 Å². The highest BCUT2D eigenvalue weighted by atomic mass is 16.2. The van der Waals surface area contributed by atoms with E-state index in [9.17, 15) is 4.79 Å². The number of para-hydroxylation sites is 2. The summed E-state index contributed by atoms with van der Waals surface area (Å²) >= 11 is 0. The van der Waals surface area contributed by atoms with Crippen molar-refractivity contribution in [3.05, 3.63) is 24.3 Å². The van der Waals surface area contributed by atoms with Crippen LogP contribution in [0.25, 0.3) is 11.0 Å². The zero-order valence-corrected chi connectivity index (χ0v) is 12.5. The summed E-state index contributed by atoms with van der Waals surface area (Å²) in [5.41, 5.74) is 1.88. The van der Waals surface area contributed by atoms with Gasteiger partial charge in [-0.15, -0.1) is 0 Å². The molecule has 1 amide bonds. The van der Waals surface area contributed by atoms with Crippen molar-refractivity contribution < 1.29 is 4.79 Å². The van der Waals surface area contributed by atoms with E-state index >= 15 is 0 Å².